The van der Waals surface area contributed by atoms with Crippen molar-refractivity contribution < 1.29 is 9.59 Å². The minimum absolute atomic E-state index is 0.0108. The van der Waals surface area contributed by atoms with Crippen molar-refractivity contribution in [3.8, 4) is 0 Å². The average molecular weight is 406 g/mol. The van der Waals surface area contributed by atoms with Gasteiger partial charge in [0, 0.05) is 28.9 Å². The summed E-state index contributed by atoms with van der Waals surface area (Å²) in [6.45, 7) is 7.62. The molecule has 0 radical (unpaired) electrons. The molecule has 2 amide bonds. The lowest BCUT2D eigenvalue weighted by molar-refractivity contribution is -0.137. The van der Waals surface area contributed by atoms with Crippen LogP contribution in [0.3, 0.4) is 0 Å². The predicted molar refractivity (Wildman–Crippen MR) is 111 cm³/mol. The summed E-state index contributed by atoms with van der Waals surface area (Å²) in [5.41, 5.74) is 1.32. The Balaban J connectivity index is 1.73. The Labute approximate surface area is 169 Å². The van der Waals surface area contributed by atoms with Gasteiger partial charge in [-0.15, -0.1) is 22.7 Å². The standard InChI is InChI=1S/C20H27N3O2S2/c1-4-22(12-18(24)21-14(2)3)19(25)13-23-9-7-16-15(8-11-27-16)20(23)17-6-5-10-26-17/h5-6,8,10-11,14,20H,4,7,9,12-13H2,1-3H3,(H,21,24)/t20-/m1/s1. The van der Waals surface area contributed by atoms with Crippen LogP contribution in [0.1, 0.15) is 42.1 Å². The maximum atomic E-state index is 12.9. The Hall–Kier alpha value is -1.70. The van der Waals surface area contributed by atoms with Crippen molar-refractivity contribution in [2.24, 2.45) is 0 Å². The molecule has 0 saturated carbocycles. The third-order valence-corrected chi connectivity index (χ3v) is 6.66. The summed E-state index contributed by atoms with van der Waals surface area (Å²) in [6.07, 6.45) is 0.974. The maximum absolute atomic E-state index is 12.9. The molecule has 0 unspecified atom stereocenters. The van der Waals surface area contributed by atoms with Gasteiger partial charge in [0.2, 0.25) is 11.8 Å². The summed E-state index contributed by atoms with van der Waals surface area (Å²) < 4.78 is 0. The highest BCUT2D eigenvalue weighted by Crippen LogP contribution is 2.39. The van der Waals surface area contributed by atoms with E-state index in [9.17, 15) is 9.59 Å². The number of likely N-dealkylation sites (N-methyl/N-ethyl adjacent to an activating group) is 1. The van der Waals surface area contributed by atoms with Gasteiger partial charge in [0.25, 0.3) is 0 Å². The zero-order chi connectivity index (χ0) is 19.4. The summed E-state index contributed by atoms with van der Waals surface area (Å²) in [5, 5.41) is 7.10. The van der Waals surface area contributed by atoms with Crippen molar-refractivity contribution in [3.05, 3.63) is 44.3 Å². The highest BCUT2D eigenvalue weighted by molar-refractivity contribution is 7.10. The van der Waals surface area contributed by atoms with E-state index in [1.165, 1.54) is 15.3 Å². The van der Waals surface area contributed by atoms with E-state index in [2.05, 4.69) is 39.2 Å². The van der Waals surface area contributed by atoms with Crippen molar-refractivity contribution in [1.29, 1.82) is 0 Å². The molecule has 1 aliphatic heterocycles. The number of thiophene rings is 2. The Morgan fingerprint density at radius 1 is 1.30 bits per heavy atom. The number of carbonyl (C=O) groups is 2. The molecule has 1 atom stereocenters. The normalized spacial score (nSPS) is 17.0. The van der Waals surface area contributed by atoms with Gasteiger partial charge in [0.15, 0.2) is 0 Å². The van der Waals surface area contributed by atoms with Gasteiger partial charge in [0.1, 0.15) is 0 Å². The second kappa shape index (κ2) is 8.99. The second-order valence-electron chi connectivity index (χ2n) is 7.07. The summed E-state index contributed by atoms with van der Waals surface area (Å²) in [4.78, 5) is 31.6. The molecule has 2 aromatic heterocycles. The van der Waals surface area contributed by atoms with Crippen LogP contribution < -0.4 is 5.32 Å². The van der Waals surface area contributed by atoms with Crippen molar-refractivity contribution in [1.82, 2.24) is 15.1 Å². The van der Waals surface area contributed by atoms with Gasteiger partial charge in [-0.1, -0.05) is 6.07 Å². The molecule has 0 saturated heterocycles. The van der Waals surface area contributed by atoms with E-state index in [0.29, 0.717) is 13.1 Å². The Morgan fingerprint density at radius 3 is 2.78 bits per heavy atom. The molecule has 5 nitrogen and oxygen atoms in total. The van der Waals surface area contributed by atoms with Crippen LogP contribution >= 0.6 is 22.7 Å². The van der Waals surface area contributed by atoms with E-state index >= 15 is 0 Å². The molecule has 1 aliphatic rings. The van der Waals surface area contributed by atoms with Crippen LogP contribution in [-0.2, 0) is 16.0 Å². The minimum Gasteiger partial charge on any atom is -0.352 e. The number of amides is 2. The van der Waals surface area contributed by atoms with Gasteiger partial charge in [-0.05, 0) is 55.6 Å². The van der Waals surface area contributed by atoms with E-state index < -0.39 is 0 Å². The van der Waals surface area contributed by atoms with Crippen LogP contribution in [0.2, 0.25) is 0 Å². The van der Waals surface area contributed by atoms with Crippen molar-refractivity contribution in [3.63, 3.8) is 0 Å². The number of hydrogen-bond acceptors (Lipinski definition) is 5. The molecule has 3 rings (SSSR count). The fourth-order valence-electron chi connectivity index (χ4n) is 3.51. The number of fused-ring (bicyclic) bond motifs is 1. The van der Waals surface area contributed by atoms with Crippen LogP contribution in [0, 0.1) is 0 Å². The number of hydrogen-bond donors (Lipinski definition) is 1. The fourth-order valence-corrected chi connectivity index (χ4v) is 5.29. The largest absolute Gasteiger partial charge is 0.352 e. The summed E-state index contributed by atoms with van der Waals surface area (Å²) in [7, 11) is 0. The van der Waals surface area contributed by atoms with E-state index in [0.717, 1.165) is 13.0 Å². The molecule has 0 fully saturated rings. The molecule has 3 heterocycles. The number of rotatable bonds is 7. The number of nitrogens with one attached hydrogen (secondary N) is 1. The lowest BCUT2D eigenvalue weighted by Gasteiger charge is -2.36. The van der Waals surface area contributed by atoms with E-state index in [1.54, 1.807) is 27.6 Å². The van der Waals surface area contributed by atoms with E-state index in [-0.39, 0.29) is 30.4 Å². The molecule has 0 aliphatic carbocycles. The molecule has 0 aromatic carbocycles. The van der Waals surface area contributed by atoms with Crippen molar-refractivity contribution >= 4 is 34.5 Å². The predicted octanol–water partition coefficient (Wildman–Crippen LogP) is 3.13. The Bertz CT molecular complexity index is 770. The topological polar surface area (TPSA) is 52.7 Å². The Kier molecular flexibility index (Phi) is 6.68. The highest BCUT2D eigenvalue weighted by Gasteiger charge is 2.32. The average Bonchev–Trinajstić information content (AvgIpc) is 3.30. The van der Waals surface area contributed by atoms with Crippen LogP contribution in [0.15, 0.2) is 29.0 Å². The lowest BCUT2D eigenvalue weighted by Crippen LogP contribution is -2.47. The minimum atomic E-state index is -0.103. The van der Waals surface area contributed by atoms with Gasteiger partial charge < -0.3 is 10.2 Å². The zero-order valence-corrected chi connectivity index (χ0v) is 17.7. The number of nitrogens with zero attached hydrogens (tertiary/aromatic N) is 2. The second-order valence-corrected chi connectivity index (χ2v) is 9.05. The summed E-state index contributed by atoms with van der Waals surface area (Å²) in [5.74, 6) is -0.0922. The lowest BCUT2D eigenvalue weighted by atomic mass is 9.98. The maximum Gasteiger partial charge on any atom is 0.239 e. The summed E-state index contributed by atoms with van der Waals surface area (Å²) >= 11 is 3.53. The first-order valence-electron chi connectivity index (χ1n) is 9.40. The first-order valence-corrected chi connectivity index (χ1v) is 11.2. The first kappa shape index (κ1) is 20.0. The van der Waals surface area contributed by atoms with Crippen LogP contribution in [-0.4, -0.2) is 53.8 Å². The molecular formula is C20H27N3O2S2. The molecule has 1 N–H and O–H groups in total. The smallest absolute Gasteiger partial charge is 0.239 e. The van der Waals surface area contributed by atoms with Crippen LogP contribution in [0.25, 0.3) is 0 Å². The molecule has 0 spiro atoms. The highest BCUT2D eigenvalue weighted by atomic mass is 32.1. The van der Waals surface area contributed by atoms with Crippen molar-refractivity contribution in [2.45, 2.75) is 39.3 Å². The van der Waals surface area contributed by atoms with Crippen molar-refractivity contribution in [2.75, 3.05) is 26.2 Å². The third kappa shape index (κ3) is 4.78. The third-order valence-electron chi connectivity index (χ3n) is 4.74. The first-order chi connectivity index (χ1) is 13.0. The molecular weight excluding hydrogens is 378 g/mol. The number of carbonyl (C=O) groups excluding carboxylic acids is 2. The monoisotopic (exact) mass is 405 g/mol. The quantitative estimate of drug-likeness (QED) is 0.770. The van der Waals surface area contributed by atoms with Gasteiger partial charge in [-0.2, -0.15) is 0 Å². The van der Waals surface area contributed by atoms with Gasteiger partial charge in [-0.25, -0.2) is 0 Å². The fraction of sp³-hybridized carbons (Fsp3) is 0.500. The molecule has 0 bridgehead atoms. The van der Waals surface area contributed by atoms with E-state index in [4.69, 9.17) is 0 Å². The van der Waals surface area contributed by atoms with Gasteiger partial charge >= 0.3 is 0 Å². The SMILES string of the molecule is CCN(CC(=O)NC(C)C)C(=O)CN1CCc2sccc2[C@@H]1c1cccs1. The molecule has 2 aromatic rings. The molecule has 27 heavy (non-hydrogen) atoms. The Morgan fingerprint density at radius 2 is 2.11 bits per heavy atom. The zero-order valence-electron chi connectivity index (χ0n) is 16.1. The van der Waals surface area contributed by atoms with Crippen LogP contribution in [0.4, 0.5) is 0 Å². The molecule has 146 valence electrons. The summed E-state index contributed by atoms with van der Waals surface area (Å²) in [6, 6.07) is 6.61. The molecule has 7 heteroatoms. The van der Waals surface area contributed by atoms with Gasteiger partial charge in [0.05, 0.1) is 19.1 Å². The van der Waals surface area contributed by atoms with E-state index in [1.807, 2.05) is 20.8 Å². The van der Waals surface area contributed by atoms with Gasteiger partial charge in [-0.3, -0.25) is 14.5 Å². The van der Waals surface area contributed by atoms with Crippen LogP contribution in [0.5, 0.6) is 0 Å².